The topological polar surface area (TPSA) is 89.8 Å². The molecule has 7 nitrogen and oxygen atoms in total. The zero-order chi connectivity index (χ0) is 21.3. The summed E-state index contributed by atoms with van der Waals surface area (Å²) in [5.74, 6) is 0.735. The lowest BCUT2D eigenvalue weighted by Gasteiger charge is -2.11. The predicted octanol–water partition coefficient (Wildman–Crippen LogP) is 3.49. The molecule has 31 heavy (non-hydrogen) atoms. The lowest BCUT2D eigenvalue weighted by Crippen LogP contribution is -2.27. The highest BCUT2D eigenvalue weighted by molar-refractivity contribution is 7.89. The number of fused-ring (bicyclic) bond motifs is 2. The molecule has 0 bridgehead atoms. The van der Waals surface area contributed by atoms with E-state index in [1.54, 1.807) is 30.6 Å². The summed E-state index contributed by atoms with van der Waals surface area (Å²) in [7, 11) is -3.73. The van der Waals surface area contributed by atoms with E-state index in [9.17, 15) is 8.42 Å². The summed E-state index contributed by atoms with van der Waals surface area (Å²) in [6, 6.07) is 22.3. The van der Waals surface area contributed by atoms with Gasteiger partial charge in [0.2, 0.25) is 10.0 Å². The number of rotatable bonds is 6. The van der Waals surface area contributed by atoms with Crippen molar-refractivity contribution < 1.29 is 8.42 Å². The van der Waals surface area contributed by atoms with Gasteiger partial charge in [0.15, 0.2) is 5.65 Å². The highest BCUT2D eigenvalue weighted by Crippen LogP contribution is 2.22. The summed E-state index contributed by atoms with van der Waals surface area (Å²) in [6.45, 7) is 0.196. The van der Waals surface area contributed by atoms with Crippen LogP contribution >= 0.6 is 0 Å². The van der Waals surface area contributed by atoms with Gasteiger partial charge in [0.1, 0.15) is 16.2 Å². The van der Waals surface area contributed by atoms with Crippen molar-refractivity contribution >= 4 is 32.1 Å². The van der Waals surface area contributed by atoms with E-state index in [0.717, 1.165) is 28.1 Å². The van der Waals surface area contributed by atoms with E-state index in [1.807, 2.05) is 59.2 Å². The predicted molar refractivity (Wildman–Crippen MR) is 120 cm³/mol. The van der Waals surface area contributed by atoms with Gasteiger partial charge < -0.3 is 0 Å². The molecule has 3 heterocycles. The summed E-state index contributed by atoms with van der Waals surface area (Å²) in [5.41, 5.74) is 2.89. The van der Waals surface area contributed by atoms with Crippen LogP contribution in [0.1, 0.15) is 5.82 Å². The van der Waals surface area contributed by atoms with Gasteiger partial charge in [-0.05, 0) is 36.4 Å². The third-order valence-electron chi connectivity index (χ3n) is 5.03. The van der Waals surface area contributed by atoms with Gasteiger partial charge >= 0.3 is 0 Å². The Morgan fingerprint density at radius 2 is 1.61 bits per heavy atom. The number of imidazole rings is 1. The Bertz CT molecular complexity index is 1470. The summed E-state index contributed by atoms with van der Waals surface area (Å²) >= 11 is 0. The van der Waals surface area contributed by atoms with Crippen molar-refractivity contribution in [3.8, 4) is 5.69 Å². The Hall–Kier alpha value is -3.62. The average Bonchev–Trinajstić information content (AvgIpc) is 3.17. The first kappa shape index (κ1) is 19.3. The first-order valence-electron chi connectivity index (χ1n) is 9.85. The fourth-order valence-corrected chi connectivity index (χ4v) is 4.85. The number of benzene rings is 2. The van der Waals surface area contributed by atoms with Crippen LogP contribution in [-0.4, -0.2) is 34.5 Å². The van der Waals surface area contributed by atoms with Gasteiger partial charge in [-0.3, -0.25) is 9.55 Å². The standard InChI is InChI=1S/C23H19N5O2S/c29-31(30,20-12-4-7-17-8-5-14-24-22(17)20)26-16-13-21-27-19-11-6-15-25-23(19)28(21)18-9-2-1-3-10-18/h1-12,14-15,26H,13,16H2. The van der Waals surface area contributed by atoms with Crippen LogP contribution in [0.5, 0.6) is 0 Å². The van der Waals surface area contributed by atoms with E-state index in [-0.39, 0.29) is 11.4 Å². The molecular weight excluding hydrogens is 410 g/mol. The fourth-order valence-electron chi connectivity index (χ4n) is 3.64. The second-order valence-corrected chi connectivity index (χ2v) is 8.76. The van der Waals surface area contributed by atoms with Crippen LogP contribution < -0.4 is 4.72 Å². The molecule has 0 fully saturated rings. The molecule has 0 unspecified atom stereocenters. The van der Waals surface area contributed by atoms with Gasteiger partial charge in [0.05, 0.1) is 5.52 Å². The maximum absolute atomic E-state index is 13.0. The molecule has 5 rings (SSSR count). The first-order chi connectivity index (χ1) is 15.1. The Balaban J connectivity index is 1.44. The second kappa shape index (κ2) is 7.90. The summed E-state index contributed by atoms with van der Waals surface area (Å²) < 4.78 is 30.6. The van der Waals surface area contributed by atoms with Crippen LogP contribution in [-0.2, 0) is 16.4 Å². The molecule has 0 radical (unpaired) electrons. The van der Waals surface area contributed by atoms with Gasteiger partial charge in [0, 0.05) is 36.4 Å². The van der Waals surface area contributed by atoms with E-state index >= 15 is 0 Å². The van der Waals surface area contributed by atoms with Crippen molar-refractivity contribution in [2.45, 2.75) is 11.3 Å². The molecule has 0 saturated heterocycles. The lowest BCUT2D eigenvalue weighted by molar-refractivity contribution is 0.581. The number of pyridine rings is 2. The molecule has 0 atom stereocenters. The Morgan fingerprint density at radius 3 is 2.48 bits per heavy atom. The van der Waals surface area contributed by atoms with Gasteiger partial charge in [0.25, 0.3) is 0 Å². The largest absolute Gasteiger partial charge is 0.281 e. The molecule has 8 heteroatoms. The van der Waals surface area contributed by atoms with Crippen LogP contribution in [0.15, 0.2) is 90.1 Å². The van der Waals surface area contributed by atoms with Crippen LogP contribution in [0.3, 0.4) is 0 Å². The number of nitrogens with zero attached hydrogens (tertiary/aromatic N) is 4. The minimum Gasteiger partial charge on any atom is -0.281 e. The number of hydrogen-bond acceptors (Lipinski definition) is 5. The summed E-state index contributed by atoms with van der Waals surface area (Å²) in [5, 5.41) is 0.780. The molecule has 0 aliphatic carbocycles. The van der Waals surface area contributed by atoms with Crippen molar-refractivity contribution in [2.24, 2.45) is 0 Å². The van der Waals surface area contributed by atoms with E-state index < -0.39 is 10.0 Å². The van der Waals surface area contributed by atoms with Gasteiger partial charge in [-0.25, -0.2) is 23.1 Å². The summed E-state index contributed by atoms with van der Waals surface area (Å²) in [6.07, 6.45) is 3.72. The molecule has 0 saturated carbocycles. The van der Waals surface area contributed by atoms with E-state index in [4.69, 9.17) is 0 Å². The zero-order valence-corrected chi connectivity index (χ0v) is 17.3. The Morgan fingerprint density at radius 1 is 0.839 bits per heavy atom. The molecule has 0 aliphatic rings. The quantitative estimate of drug-likeness (QED) is 0.446. The van der Waals surface area contributed by atoms with Crippen molar-refractivity contribution in [1.82, 2.24) is 24.2 Å². The first-order valence-corrected chi connectivity index (χ1v) is 11.3. The third-order valence-corrected chi connectivity index (χ3v) is 6.52. The molecule has 5 aromatic rings. The van der Waals surface area contributed by atoms with Crippen molar-refractivity contribution in [3.05, 3.63) is 91.0 Å². The van der Waals surface area contributed by atoms with E-state index in [1.165, 1.54) is 0 Å². The molecule has 0 spiro atoms. The fraction of sp³-hybridized carbons (Fsp3) is 0.0870. The number of aromatic nitrogens is 4. The number of sulfonamides is 1. The minimum atomic E-state index is -3.73. The smallest absolute Gasteiger partial charge is 0.242 e. The van der Waals surface area contributed by atoms with Crippen LogP contribution in [0.2, 0.25) is 0 Å². The van der Waals surface area contributed by atoms with Crippen molar-refractivity contribution in [1.29, 1.82) is 0 Å². The second-order valence-electron chi connectivity index (χ2n) is 7.02. The highest BCUT2D eigenvalue weighted by atomic mass is 32.2. The molecule has 0 amide bonds. The molecule has 1 N–H and O–H groups in total. The van der Waals surface area contributed by atoms with Gasteiger partial charge in [-0.1, -0.05) is 36.4 Å². The monoisotopic (exact) mass is 429 g/mol. The molecule has 0 aliphatic heterocycles. The minimum absolute atomic E-state index is 0.170. The van der Waals surface area contributed by atoms with Crippen LogP contribution in [0, 0.1) is 0 Å². The molecule has 3 aromatic heterocycles. The average molecular weight is 430 g/mol. The lowest BCUT2D eigenvalue weighted by atomic mass is 10.2. The molecular formula is C23H19N5O2S. The Labute approximate surface area is 179 Å². The Kier molecular flexibility index (Phi) is 4.93. The SMILES string of the molecule is O=S(=O)(NCCc1nc2cccnc2n1-c1ccccc1)c1cccc2cccnc12. The van der Waals surface area contributed by atoms with E-state index in [0.29, 0.717) is 11.9 Å². The van der Waals surface area contributed by atoms with Crippen molar-refractivity contribution in [3.63, 3.8) is 0 Å². The summed E-state index contributed by atoms with van der Waals surface area (Å²) in [4.78, 5) is 13.6. The third kappa shape index (κ3) is 3.67. The number of hydrogen-bond donors (Lipinski definition) is 1. The van der Waals surface area contributed by atoms with Gasteiger partial charge in [-0.2, -0.15) is 0 Å². The maximum atomic E-state index is 13.0. The van der Waals surface area contributed by atoms with Gasteiger partial charge in [-0.15, -0.1) is 0 Å². The maximum Gasteiger partial charge on any atom is 0.242 e. The normalized spacial score (nSPS) is 11.9. The zero-order valence-electron chi connectivity index (χ0n) is 16.5. The van der Waals surface area contributed by atoms with Crippen LogP contribution in [0.25, 0.3) is 27.8 Å². The molecule has 2 aromatic carbocycles. The number of nitrogens with one attached hydrogen (secondary N) is 1. The highest BCUT2D eigenvalue weighted by Gasteiger charge is 2.19. The molecule has 154 valence electrons. The van der Waals surface area contributed by atoms with Crippen molar-refractivity contribution in [2.75, 3.05) is 6.54 Å². The van der Waals surface area contributed by atoms with E-state index in [2.05, 4.69) is 19.7 Å². The van der Waals surface area contributed by atoms with Crippen LogP contribution in [0.4, 0.5) is 0 Å². The number of para-hydroxylation sites is 2.